The van der Waals surface area contributed by atoms with Gasteiger partial charge in [0.05, 0.1) is 29.6 Å². The van der Waals surface area contributed by atoms with Crippen LogP contribution in [-0.2, 0) is 0 Å². The maximum Gasteiger partial charge on any atom is 0.391 e. The number of rotatable bonds is 8. The van der Waals surface area contributed by atoms with Gasteiger partial charge in [-0.15, -0.1) is 5.53 Å². The minimum atomic E-state index is -4.12. The molecule has 0 bridgehead atoms. The van der Waals surface area contributed by atoms with Gasteiger partial charge < -0.3 is 15.3 Å². The van der Waals surface area contributed by atoms with E-state index < -0.39 is 18.1 Å². The fourth-order valence-electron chi connectivity index (χ4n) is 6.33. The number of aromatic nitrogens is 2. The lowest BCUT2D eigenvalue weighted by Crippen LogP contribution is -2.33. The number of nitrogens with one attached hydrogen (secondary N) is 2. The fourth-order valence-corrected chi connectivity index (χ4v) is 6.33. The summed E-state index contributed by atoms with van der Waals surface area (Å²) in [7, 11) is 1.89. The predicted molar refractivity (Wildman–Crippen MR) is 151 cm³/mol. The minimum absolute atomic E-state index is 0.0127. The first-order chi connectivity index (χ1) is 20.1. The van der Waals surface area contributed by atoms with Gasteiger partial charge >= 0.3 is 12.1 Å². The van der Waals surface area contributed by atoms with Crippen LogP contribution in [0.25, 0.3) is 16.8 Å². The van der Waals surface area contributed by atoms with Gasteiger partial charge in [0.15, 0.2) is 0 Å². The summed E-state index contributed by atoms with van der Waals surface area (Å²) >= 11 is 0. The number of carboxylic acids is 1. The number of ether oxygens (including phenoxy) is 1. The number of hydrogen-bond acceptors (Lipinski definition) is 6. The molecule has 42 heavy (non-hydrogen) atoms. The summed E-state index contributed by atoms with van der Waals surface area (Å²) in [5.41, 5.74) is 10.6. The van der Waals surface area contributed by atoms with Crippen LogP contribution in [-0.4, -0.2) is 45.2 Å². The number of hydrazine groups is 2. The van der Waals surface area contributed by atoms with Crippen molar-refractivity contribution in [3.8, 4) is 22.6 Å². The van der Waals surface area contributed by atoms with Gasteiger partial charge in [-0.05, 0) is 80.3 Å². The second-order valence-corrected chi connectivity index (χ2v) is 11.6. The van der Waals surface area contributed by atoms with Crippen LogP contribution in [0.3, 0.4) is 0 Å². The number of halogens is 3. The lowest BCUT2D eigenvalue weighted by molar-refractivity contribution is -0.185. The number of alkyl halides is 3. The maximum absolute atomic E-state index is 13.1. The summed E-state index contributed by atoms with van der Waals surface area (Å²) in [5.74, 6) is -1.30. The Kier molecular flexibility index (Phi) is 7.38. The number of carbonyl (C=O) groups is 1. The van der Waals surface area contributed by atoms with Gasteiger partial charge in [0.25, 0.3) is 0 Å². The Bertz CT molecular complexity index is 1490. The second-order valence-electron chi connectivity index (χ2n) is 11.6. The lowest BCUT2D eigenvalue weighted by Gasteiger charge is -2.33. The maximum atomic E-state index is 13.1. The summed E-state index contributed by atoms with van der Waals surface area (Å²) in [6, 6.07) is 15.4. The molecule has 1 aromatic heterocycles. The molecule has 0 spiro atoms. The molecule has 1 unspecified atom stereocenters. The molecular formula is C31H34F3N5O3. The van der Waals surface area contributed by atoms with Crippen molar-refractivity contribution >= 4 is 5.97 Å². The molecule has 3 N–H and O–H groups in total. The summed E-state index contributed by atoms with van der Waals surface area (Å²) in [5, 5.41) is 16.2. The van der Waals surface area contributed by atoms with Gasteiger partial charge in [-0.1, -0.05) is 24.3 Å². The average Bonchev–Trinajstić information content (AvgIpc) is 3.41. The number of allylic oxidation sites excluding steroid dienone is 1. The summed E-state index contributed by atoms with van der Waals surface area (Å²) in [4.78, 5) is 12.1. The molecule has 3 atom stereocenters. The lowest BCUT2D eigenvalue weighted by atomic mass is 9.79. The zero-order valence-electron chi connectivity index (χ0n) is 23.4. The molecule has 0 amide bonds. The minimum Gasteiger partial charge on any atom is -0.490 e. The topological polar surface area (TPSA) is 91.7 Å². The molecule has 3 aromatic rings. The van der Waals surface area contributed by atoms with Crippen LogP contribution in [0.2, 0.25) is 0 Å². The Morgan fingerprint density at radius 3 is 2.45 bits per heavy atom. The molecule has 1 aliphatic heterocycles. The molecule has 2 aromatic carbocycles. The third-order valence-corrected chi connectivity index (χ3v) is 8.77. The van der Waals surface area contributed by atoms with E-state index in [1.807, 2.05) is 73.7 Å². The molecule has 6 rings (SSSR count). The van der Waals surface area contributed by atoms with E-state index in [0.29, 0.717) is 24.3 Å². The molecule has 3 aliphatic rings. The zero-order chi connectivity index (χ0) is 29.6. The van der Waals surface area contributed by atoms with Crippen LogP contribution in [0.1, 0.15) is 61.0 Å². The highest BCUT2D eigenvalue weighted by Crippen LogP contribution is 2.52. The van der Waals surface area contributed by atoms with E-state index in [2.05, 4.69) is 16.1 Å². The van der Waals surface area contributed by atoms with E-state index in [0.717, 1.165) is 28.9 Å². The molecule has 11 heteroatoms. The highest BCUT2D eigenvalue weighted by atomic mass is 19.4. The van der Waals surface area contributed by atoms with E-state index >= 15 is 0 Å². The van der Waals surface area contributed by atoms with Crippen molar-refractivity contribution < 1.29 is 27.8 Å². The average molecular weight is 582 g/mol. The van der Waals surface area contributed by atoms with Crippen molar-refractivity contribution in [1.82, 2.24) is 25.7 Å². The molecule has 2 aliphatic carbocycles. The Labute approximate surface area is 242 Å². The van der Waals surface area contributed by atoms with Crippen molar-refractivity contribution in [2.45, 2.75) is 57.2 Å². The van der Waals surface area contributed by atoms with Crippen LogP contribution in [0.5, 0.6) is 5.75 Å². The Morgan fingerprint density at radius 2 is 1.79 bits per heavy atom. The molecule has 0 saturated heterocycles. The largest absolute Gasteiger partial charge is 0.490 e. The first-order valence-corrected chi connectivity index (χ1v) is 14.3. The van der Waals surface area contributed by atoms with E-state index in [1.165, 1.54) is 6.20 Å². The van der Waals surface area contributed by atoms with Crippen molar-refractivity contribution in [2.75, 3.05) is 7.05 Å². The molecule has 2 heterocycles. The highest BCUT2D eigenvalue weighted by Gasteiger charge is 2.47. The quantitative estimate of drug-likeness (QED) is 0.289. The van der Waals surface area contributed by atoms with Crippen LogP contribution >= 0.6 is 0 Å². The first-order valence-electron chi connectivity index (χ1n) is 14.3. The zero-order valence-corrected chi connectivity index (χ0v) is 23.4. The van der Waals surface area contributed by atoms with E-state index in [1.54, 1.807) is 4.68 Å². The van der Waals surface area contributed by atoms with Crippen molar-refractivity contribution in [1.29, 1.82) is 0 Å². The third kappa shape index (κ3) is 5.70. The Balaban J connectivity index is 1.20. The van der Waals surface area contributed by atoms with E-state index in [-0.39, 0.29) is 42.3 Å². The van der Waals surface area contributed by atoms with Gasteiger partial charge in [0.1, 0.15) is 11.3 Å². The van der Waals surface area contributed by atoms with Crippen LogP contribution in [0, 0.1) is 17.8 Å². The molecule has 8 nitrogen and oxygen atoms in total. The van der Waals surface area contributed by atoms with Gasteiger partial charge in [-0.25, -0.2) is 9.48 Å². The molecule has 2 saturated carbocycles. The summed E-state index contributed by atoms with van der Waals surface area (Å²) < 4.78 is 47.2. The van der Waals surface area contributed by atoms with E-state index in [4.69, 9.17) is 4.74 Å². The van der Waals surface area contributed by atoms with Crippen LogP contribution in [0.15, 0.2) is 66.6 Å². The number of carboxylic acid groups (broad SMARTS) is 1. The summed E-state index contributed by atoms with van der Waals surface area (Å²) in [6.45, 7) is 1.93. The van der Waals surface area contributed by atoms with Crippen LogP contribution in [0.4, 0.5) is 13.2 Å². The molecule has 2 fully saturated rings. The Morgan fingerprint density at radius 1 is 1.07 bits per heavy atom. The van der Waals surface area contributed by atoms with Gasteiger partial charge in [-0.2, -0.15) is 18.3 Å². The van der Waals surface area contributed by atoms with Crippen molar-refractivity contribution in [3.63, 3.8) is 0 Å². The van der Waals surface area contributed by atoms with Crippen molar-refractivity contribution in [3.05, 3.63) is 77.9 Å². The monoisotopic (exact) mass is 581 g/mol. The number of hydrogen-bond donors (Lipinski definition) is 3. The van der Waals surface area contributed by atoms with Crippen molar-refractivity contribution in [2.24, 2.45) is 17.8 Å². The first kappa shape index (κ1) is 28.1. The highest BCUT2D eigenvalue weighted by molar-refractivity contribution is 5.89. The van der Waals surface area contributed by atoms with Gasteiger partial charge in [0.2, 0.25) is 0 Å². The van der Waals surface area contributed by atoms with E-state index in [9.17, 15) is 23.1 Å². The third-order valence-electron chi connectivity index (χ3n) is 8.77. The number of benzene rings is 2. The Hall–Kier alpha value is -3.99. The second kappa shape index (κ2) is 11.0. The van der Waals surface area contributed by atoms with Gasteiger partial charge in [0, 0.05) is 30.8 Å². The smallest absolute Gasteiger partial charge is 0.391 e. The van der Waals surface area contributed by atoms with Gasteiger partial charge in [-0.3, -0.25) is 5.01 Å². The standard InChI is InChI=1S/C31H34F3N5O3/c1-18(19-9-11-22(12-10-19)31(32,33)34)42-24-8-4-6-21(14-24)20-5-3-7-23(13-20)39-29(27(16-35-39)30(40)41)26-15-25(26)28-17-38(2)37-36-28/h3-8,13-14,16-19,22,25-26,36-37H,9-12,15H2,1-2H3,(H,40,41)/t18?,19-,22-,25-,26-/m0/s1. The number of aromatic carboxylic acids is 1. The molecule has 0 radical (unpaired) electrons. The number of nitrogens with zero attached hydrogens (tertiary/aromatic N) is 3. The summed E-state index contributed by atoms with van der Waals surface area (Å²) in [6.07, 6.45) is 1.18. The normalized spacial score (nSPS) is 24.6. The predicted octanol–water partition coefficient (Wildman–Crippen LogP) is 6.27. The molecule has 222 valence electrons. The SMILES string of the molecule is CC(Oc1cccc(-c2cccc(-n3ncc(C(=O)O)c3[C@H]3C[C@@H]3C3=CN(C)NN3)c2)c1)[C@H]1CC[C@H](C(F)(F)F)CC1. The fraction of sp³-hybridized carbons (Fsp3) is 0.419. The van der Waals surface area contributed by atoms with Crippen LogP contribution < -0.4 is 15.7 Å². The molecular weight excluding hydrogens is 547 g/mol.